The molecule has 0 radical (unpaired) electrons. The van der Waals surface area contributed by atoms with Crippen LogP contribution in [0.25, 0.3) is 0 Å². The predicted molar refractivity (Wildman–Crippen MR) is 102 cm³/mol. The van der Waals surface area contributed by atoms with Crippen molar-refractivity contribution < 1.29 is 61.7 Å². The van der Waals surface area contributed by atoms with Gasteiger partial charge in [0.1, 0.15) is 0 Å². The van der Waals surface area contributed by atoms with Gasteiger partial charge in [-0.05, 0) is 0 Å². The first-order chi connectivity index (χ1) is 15.1. The third-order valence-electron chi connectivity index (χ3n) is 8.12. The Bertz CT molecular complexity index is 883. The zero-order valence-corrected chi connectivity index (χ0v) is 20.0. The zero-order valence-electron chi connectivity index (χ0n) is 19.1. The molecule has 206 valence electrons. The van der Waals surface area contributed by atoms with Crippen LogP contribution in [0.15, 0.2) is 4.99 Å². The molecule has 3 fully saturated rings. The number of aliphatic imine (C=N–C) groups is 1. The van der Waals surface area contributed by atoms with Gasteiger partial charge in [-0.3, -0.25) is 0 Å². The van der Waals surface area contributed by atoms with E-state index in [-0.39, 0.29) is 18.1 Å². The Balaban J connectivity index is 2.24. The van der Waals surface area contributed by atoms with Crippen molar-refractivity contribution in [3.05, 3.63) is 0 Å². The molecule has 3 aliphatic rings. The molecule has 0 N–H and O–H groups in total. The number of rotatable bonds is 3. The van der Waals surface area contributed by atoms with Gasteiger partial charge in [0.2, 0.25) is 0 Å². The molecule has 1 unspecified atom stereocenters. The van der Waals surface area contributed by atoms with E-state index >= 15 is 0 Å². The average Bonchev–Trinajstić information content (AvgIpc) is 2.92. The monoisotopic (exact) mass is 557 g/mol. The van der Waals surface area contributed by atoms with Gasteiger partial charge < -0.3 is 0 Å². The van der Waals surface area contributed by atoms with E-state index in [1.165, 1.54) is 0 Å². The summed E-state index contributed by atoms with van der Waals surface area (Å²) in [6.45, 7) is 5.68. The number of nitrogens with zero attached hydrogens (tertiary/aromatic N) is 1. The van der Waals surface area contributed by atoms with Crippen molar-refractivity contribution in [2.45, 2.75) is 82.2 Å². The summed E-state index contributed by atoms with van der Waals surface area (Å²) in [4.78, 5) is 3.71. The third kappa shape index (κ3) is 3.88. The van der Waals surface area contributed by atoms with Crippen LogP contribution in [0.4, 0.5) is 52.7 Å². The second-order valence-corrected chi connectivity index (χ2v) is 15.7. The first-order valence-corrected chi connectivity index (χ1v) is 13.4. The van der Waals surface area contributed by atoms with E-state index < -0.39 is 60.1 Å². The Morgan fingerprint density at radius 1 is 0.886 bits per heavy atom. The Morgan fingerprint density at radius 2 is 1.34 bits per heavy atom. The normalized spacial score (nSPS) is 36.2. The maximum absolute atomic E-state index is 13.9. The quantitative estimate of drug-likeness (QED) is 0.264. The molecule has 35 heavy (non-hydrogen) atoms. The molecule has 1 aliphatic heterocycles. The number of fused-ring (bicyclic) bond motifs is 2. The summed E-state index contributed by atoms with van der Waals surface area (Å²) in [7, 11) is -6.01. The van der Waals surface area contributed by atoms with E-state index in [4.69, 9.17) is 0 Å². The van der Waals surface area contributed by atoms with Gasteiger partial charge in [0.05, 0.1) is 0 Å². The Kier molecular flexibility index (Phi) is 5.90. The molecule has 0 amide bonds. The van der Waals surface area contributed by atoms with Crippen LogP contribution in [-0.2, 0) is 9.05 Å². The number of hydrogen-bond donors (Lipinski definition) is 0. The Labute approximate surface area is 192 Å². The molecule has 3 nitrogen and oxygen atoms in total. The third-order valence-corrected chi connectivity index (χ3v) is 11.6. The molecule has 0 aromatic rings. The molecule has 2 aliphatic carbocycles. The van der Waals surface area contributed by atoms with E-state index in [0.29, 0.717) is 26.2 Å². The summed E-state index contributed by atoms with van der Waals surface area (Å²) in [6, 6.07) is 0. The average molecular weight is 557 g/mol. The first-order valence-electron chi connectivity index (χ1n) is 10.4. The second kappa shape index (κ2) is 7.18. The van der Waals surface area contributed by atoms with Crippen LogP contribution in [0.2, 0.25) is 0 Å². The summed E-state index contributed by atoms with van der Waals surface area (Å²) in [5, 5.41) is 0. The predicted octanol–water partition coefficient (Wildman–Crippen LogP) is 7.65. The number of alkyl halides is 12. The minimum absolute atomic E-state index is 0.0414. The van der Waals surface area contributed by atoms with E-state index in [9.17, 15) is 52.7 Å². The molecule has 3 rings (SSSR count). The van der Waals surface area contributed by atoms with Crippen LogP contribution in [0, 0.1) is 16.7 Å². The van der Waals surface area contributed by atoms with Gasteiger partial charge in [-0.2, -0.15) is 0 Å². The molecule has 2 bridgehead atoms. The van der Waals surface area contributed by atoms with Crippen molar-refractivity contribution in [1.29, 1.82) is 0 Å². The summed E-state index contributed by atoms with van der Waals surface area (Å²) >= 11 is 0. The molecule has 0 spiro atoms. The van der Waals surface area contributed by atoms with E-state index in [0.717, 1.165) is 0 Å². The molecule has 3 atom stereocenters. The van der Waals surface area contributed by atoms with E-state index in [2.05, 4.69) is 14.0 Å². The zero-order chi connectivity index (χ0) is 27.5. The first kappa shape index (κ1) is 28.7. The molecular formula is C19H24F12NO2P. The number of hydrogen-bond acceptors (Lipinski definition) is 3. The summed E-state index contributed by atoms with van der Waals surface area (Å²) < 4.78 is 171. The van der Waals surface area contributed by atoms with Crippen LogP contribution in [0.5, 0.6) is 0 Å². The fourth-order valence-electron chi connectivity index (χ4n) is 5.77. The van der Waals surface area contributed by atoms with Gasteiger partial charge >= 0.3 is 192 Å². The SMILES string of the molecule is CC1(C)[C@@H]2CC[C@@]1(C)/C(=N/C1C(C(F)(F)F)(C(F)(F)F)OP1(C)(C)OC(C(F)(F)F)C(F)(F)F)C2. The fraction of sp³-hybridized carbons (Fsp3) is 0.947. The summed E-state index contributed by atoms with van der Waals surface area (Å²) in [5.41, 5.74) is -6.87. The van der Waals surface area contributed by atoms with Gasteiger partial charge in [0, 0.05) is 0 Å². The van der Waals surface area contributed by atoms with Gasteiger partial charge in [-0.15, -0.1) is 0 Å². The van der Waals surface area contributed by atoms with E-state index in [1.54, 1.807) is 20.8 Å². The van der Waals surface area contributed by atoms with Crippen molar-refractivity contribution in [3.8, 4) is 0 Å². The summed E-state index contributed by atoms with van der Waals surface area (Å²) in [6.07, 6.45) is -28.7. The fourth-order valence-corrected chi connectivity index (χ4v) is 9.74. The van der Waals surface area contributed by atoms with Gasteiger partial charge in [-0.25, -0.2) is 0 Å². The van der Waals surface area contributed by atoms with Crippen molar-refractivity contribution in [3.63, 3.8) is 0 Å². The second-order valence-electron chi connectivity index (χ2n) is 10.8. The van der Waals surface area contributed by atoms with Crippen molar-refractivity contribution in [2.24, 2.45) is 21.7 Å². The molecule has 1 heterocycles. The van der Waals surface area contributed by atoms with Crippen LogP contribution < -0.4 is 0 Å². The summed E-state index contributed by atoms with van der Waals surface area (Å²) in [5.74, 6) is -3.40. The standard InChI is InChI=1S/C19H24F12NO2P/c1-13(2)9-6-7-14(13,3)10(8-9)32-12-15(18(26,27)28,19(29,30)31)34-35(12,4,5)33-11(16(20,21)22)17(23,24)25/h9,11-12H,6-8H2,1-5H3/b32-10+/t9-,12?,14+/m1/s1. The van der Waals surface area contributed by atoms with Crippen molar-refractivity contribution in [1.82, 2.24) is 0 Å². The molecule has 0 aromatic heterocycles. The molecule has 0 aromatic carbocycles. The molecule has 1 saturated heterocycles. The Hall–Kier alpha value is -0.820. The van der Waals surface area contributed by atoms with Crippen LogP contribution in [0.1, 0.15) is 40.0 Å². The van der Waals surface area contributed by atoms with E-state index in [1.807, 2.05) is 0 Å². The van der Waals surface area contributed by atoms with Crippen LogP contribution in [-0.4, -0.2) is 61.2 Å². The number of halogens is 12. The molecule has 16 heteroatoms. The van der Waals surface area contributed by atoms with Crippen LogP contribution in [0.3, 0.4) is 0 Å². The van der Waals surface area contributed by atoms with Crippen LogP contribution >= 0.6 is 7.06 Å². The van der Waals surface area contributed by atoms with Gasteiger partial charge in [0.25, 0.3) is 0 Å². The van der Waals surface area contributed by atoms with Crippen molar-refractivity contribution >= 4 is 12.8 Å². The topological polar surface area (TPSA) is 30.8 Å². The maximum atomic E-state index is 13.9. The van der Waals surface area contributed by atoms with Gasteiger partial charge in [0.15, 0.2) is 0 Å². The Morgan fingerprint density at radius 3 is 1.66 bits per heavy atom. The molecular weight excluding hydrogens is 533 g/mol. The molecule has 2 saturated carbocycles. The van der Waals surface area contributed by atoms with Gasteiger partial charge in [-0.1, -0.05) is 0 Å². The van der Waals surface area contributed by atoms with Crippen molar-refractivity contribution in [2.75, 3.05) is 13.3 Å². The minimum atomic E-state index is -6.27.